The predicted octanol–water partition coefficient (Wildman–Crippen LogP) is 4.22. The quantitative estimate of drug-likeness (QED) is 0.577. The Bertz CT molecular complexity index is 125. The molecule has 1 heteroatoms. The molecule has 0 aliphatic heterocycles. The Balaban J connectivity index is 0. The van der Waals surface area contributed by atoms with E-state index in [0.29, 0.717) is 5.76 Å². The van der Waals surface area contributed by atoms with Gasteiger partial charge in [-0.1, -0.05) is 39.3 Å². The zero-order valence-corrected chi connectivity index (χ0v) is 9.02. The lowest BCUT2D eigenvalue weighted by molar-refractivity contribution is 0.386. The number of aliphatic hydroxyl groups excluding tert-OH is 1. The van der Waals surface area contributed by atoms with Crippen molar-refractivity contribution in [2.45, 2.75) is 47.5 Å². The molecule has 0 atom stereocenters. The van der Waals surface area contributed by atoms with E-state index in [9.17, 15) is 0 Å². The summed E-state index contributed by atoms with van der Waals surface area (Å²) in [6.45, 7) is 10.1. The molecule has 0 unspecified atom stereocenters. The minimum Gasteiger partial charge on any atom is -0.512 e. The van der Waals surface area contributed by atoms with E-state index >= 15 is 0 Å². The molecule has 0 aromatic carbocycles. The van der Waals surface area contributed by atoms with Gasteiger partial charge in [-0.25, -0.2) is 0 Å². The van der Waals surface area contributed by atoms with Crippen LogP contribution in [0.2, 0.25) is 0 Å². The molecule has 72 valence electrons. The van der Waals surface area contributed by atoms with Crippen molar-refractivity contribution in [2.24, 2.45) is 0 Å². The van der Waals surface area contributed by atoms with Crippen molar-refractivity contribution >= 4 is 0 Å². The Kier molecular flexibility index (Phi) is 11.9. The number of aliphatic hydroxyl groups is 1. The molecule has 0 bridgehead atoms. The van der Waals surface area contributed by atoms with Crippen molar-refractivity contribution < 1.29 is 5.11 Å². The molecule has 1 nitrogen and oxygen atoms in total. The topological polar surface area (TPSA) is 20.2 Å². The lowest BCUT2D eigenvalue weighted by atomic mass is 10.1. The first-order valence-electron chi connectivity index (χ1n) is 4.84. The van der Waals surface area contributed by atoms with Crippen LogP contribution >= 0.6 is 0 Å². The van der Waals surface area contributed by atoms with E-state index in [-0.39, 0.29) is 0 Å². The van der Waals surface area contributed by atoms with Crippen molar-refractivity contribution in [1.82, 2.24) is 0 Å². The molecule has 1 aliphatic rings. The van der Waals surface area contributed by atoms with E-state index in [0.717, 1.165) is 12.8 Å². The summed E-state index contributed by atoms with van der Waals surface area (Å²) < 4.78 is 0. The molecule has 0 spiro atoms. The Morgan fingerprint density at radius 3 is 1.75 bits per heavy atom. The number of hydrogen-bond acceptors (Lipinski definition) is 1. The maximum Gasteiger partial charge on any atom is 0.0925 e. The lowest BCUT2D eigenvalue weighted by Crippen LogP contribution is -1.88. The Morgan fingerprint density at radius 1 is 1.00 bits per heavy atom. The van der Waals surface area contributed by atoms with Crippen LogP contribution in [0.3, 0.4) is 0 Å². The molecular formula is C11H22O. The first-order chi connectivity index (χ1) is 5.79. The van der Waals surface area contributed by atoms with E-state index in [1.165, 1.54) is 5.57 Å². The second-order valence-corrected chi connectivity index (χ2v) is 2.17. The van der Waals surface area contributed by atoms with Gasteiger partial charge < -0.3 is 5.11 Å². The second kappa shape index (κ2) is 10.3. The Labute approximate surface area is 76.8 Å². The molecule has 1 N–H and O–H groups in total. The van der Waals surface area contributed by atoms with E-state index in [1.54, 1.807) is 6.08 Å². The normalized spacial score (nSPS) is 14.1. The smallest absolute Gasteiger partial charge is 0.0925 e. The molecule has 0 radical (unpaired) electrons. The van der Waals surface area contributed by atoms with Crippen molar-refractivity contribution in [3.05, 3.63) is 23.5 Å². The summed E-state index contributed by atoms with van der Waals surface area (Å²) >= 11 is 0. The van der Waals surface area contributed by atoms with Crippen LogP contribution in [0.25, 0.3) is 0 Å². The van der Waals surface area contributed by atoms with Gasteiger partial charge in [0.2, 0.25) is 0 Å². The van der Waals surface area contributed by atoms with Crippen molar-refractivity contribution in [3.8, 4) is 0 Å². The zero-order chi connectivity index (χ0) is 9.98. The first-order valence-corrected chi connectivity index (χ1v) is 4.84. The van der Waals surface area contributed by atoms with Crippen LogP contribution in [0.15, 0.2) is 23.5 Å². The number of rotatable bonds is 0. The maximum atomic E-state index is 8.84. The van der Waals surface area contributed by atoms with Gasteiger partial charge in [0.1, 0.15) is 0 Å². The summed E-state index contributed by atoms with van der Waals surface area (Å²) in [7, 11) is 0. The summed E-state index contributed by atoms with van der Waals surface area (Å²) in [5, 5.41) is 8.84. The van der Waals surface area contributed by atoms with Crippen LogP contribution in [0.4, 0.5) is 0 Å². The zero-order valence-electron chi connectivity index (χ0n) is 9.02. The molecule has 0 saturated carbocycles. The second-order valence-electron chi connectivity index (χ2n) is 2.17. The lowest BCUT2D eigenvalue weighted by Gasteiger charge is -2.04. The molecule has 0 saturated heterocycles. The average molecular weight is 170 g/mol. The van der Waals surface area contributed by atoms with Gasteiger partial charge in [0.25, 0.3) is 0 Å². The molecular weight excluding hydrogens is 148 g/mol. The summed E-state index contributed by atoms with van der Waals surface area (Å²) in [6.07, 6.45) is 5.56. The van der Waals surface area contributed by atoms with Gasteiger partial charge in [0, 0.05) is 6.42 Å². The van der Waals surface area contributed by atoms with E-state index < -0.39 is 0 Å². The molecule has 0 amide bonds. The van der Waals surface area contributed by atoms with Crippen molar-refractivity contribution in [1.29, 1.82) is 0 Å². The summed E-state index contributed by atoms with van der Waals surface area (Å²) in [6, 6.07) is 0. The highest BCUT2D eigenvalue weighted by molar-refractivity contribution is 5.18. The fourth-order valence-corrected chi connectivity index (χ4v) is 0.730. The van der Waals surface area contributed by atoms with E-state index in [4.69, 9.17) is 5.11 Å². The van der Waals surface area contributed by atoms with Gasteiger partial charge in [-0.05, 0) is 19.4 Å². The predicted molar refractivity (Wildman–Crippen MR) is 56.4 cm³/mol. The minimum atomic E-state index is 0.510. The van der Waals surface area contributed by atoms with Gasteiger partial charge in [-0.15, -0.1) is 0 Å². The monoisotopic (exact) mass is 170 g/mol. The van der Waals surface area contributed by atoms with Crippen LogP contribution in [-0.2, 0) is 0 Å². The van der Waals surface area contributed by atoms with Gasteiger partial charge in [0.05, 0.1) is 5.76 Å². The Morgan fingerprint density at radius 2 is 1.50 bits per heavy atom. The number of allylic oxidation sites excluding steroid dienone is 4. The highest BCUT2D eigenvalue weighted by Crippen LogP contribution is 2.14. The van der Waals surface area contributed by atoms with Crippen LogP contribution in [0.1, 0.15) is 47.5 Å². The molecule has 0 fully saturated rings. The molecule has 0 aromatic rings. The SMILES string of the molecule is CC.CC.CC1=CC=C(O)CC1. The average Bonchev–Trinajstić information content (AvgIpc) is 2.17. The van der Waals surface area contributed by atoms with E-state index in [1.807, 2.05) is 33.8 Å². The molecule has 0 aromatic heterocycles. The summed E-state index contributed by atoms with van der Waals surface area (Å²) in [5.74, 6) is 0.510. The van der Waals surface area contributed by atoms with Crippen LogP contribution < -0.4 is 0 Å². The van der Waals surface area contributed by atoms with Gasteiger partial charge in [-0.2, -0.15) is 0 Å². The largest absolute Gasteiger partial charge is 0.512 e. The van der Waals surface area contributed by atoms with Crippen molar-refractivity contribution in [2.75, 3.05) is 0 Å². The highest BCUT2D eigenvalue weighted by atomic mass is 16.3. The van der Waals surface area contributed by atoms with E-state index in [2.05, 4.69) is 6.92 Å². The first kappa shape index (κ1) is 13.8. The van der Waals surface area contributed by atoms with Gasteiger partial charge in [0.15, 0.2) is 0 Å². The van der Waals surface area contributed by atoms with Gasteiger partial charge >= 0.3 is 0 Å². The third-order valence-corrected chi connectivity index (χ3v) is 1.34. The third-order valence-electron chi connectivity index (χ3n) is 1.34. The summed E-state index contributed by atoms with van der Waals surface area (Å²) in [5.41, 5.74) is 1.35. The maximum absolute atomic E-state index is 8.84. The minimum absolute atomic E-state index is 0.510. The highest BCUT2D eigenvalue weighted by Gasteiger charge is 1.98. The number of hydrogen-bond donors (Lipinski definition) is 1. The van der Waals surface area contributed by atoms with Crippen molar-refractivity contribution in [3.63, 3.8) is 0 Å². The molecule has 12 heavy (non-hydrogen) atoms. The van der Waals surface area contributed by atoms with Crippen LogP contribution in [-0.4, -0.2) is 5.11 Å². The van der Waals surface area contributed by atoms with Crippen LogP contribution in [0, 0.1) is 0 Å². The fraction of sp³-hybridized carbons (Fsp3) is 0.636. The third kappa shape index (κ3) is 7.39. The Hall–Kier alpha value is -0.720. The molecule has 1 aliphatic carbocycles. The molecule has 0 heterocycles. The summed E-state index contributed by atoms with van der Waals surface area (Å²) in [4.78, 5) is 0. The van der Waals surface area contributed by atoms with Crippen LogP contribution in [0.5, 0.6) is 0 Å². The molecule has 1 rings (SSSR count). The standard InChI is InChI=1S/C7H10O.2C2H6/c1-6-2-4-7(8)5-3-6;2*1-2/h2,4,8H,3,5H2,1H3;2*1-2H3. The fourth-order valence-electron chi connectivity index (χ4n) is 0.730. The van der Waals surface area contributed by atoms with Gasteiger partial charge in [-0.3, -0.25) is 0 Å².